The number of nitrogens with zero attached hydrogens (tertiary/aromatic N) is 2. The van der Waals surface area contributed by atoms with E-state index in [1.165, 1.54) is 0 Å². The van der Waals surface area contributed by atoms with Crippen molar-refractivity contribution in [1.29, 1.82) is 0 Å². The summed E-state index contributed by atoms with van der Waals surface area (Å²) >= 11 is 12.1. The van der Waals surface area contributed by atoms with E-state index in [1.54, 1.807) is 18.2 Å². The molecule has 1 atom stereocenters. The molecule has 27 heavy (non-hydrogen) atoms. The molecule has 1 aromatic heterocycles. The average molecular weight is 522 g/mol. The number of amides is 1. The highest BCUT2D eigenvalue weighted by molar-refractivity contribution is 14.0. The van der Waals surface area contributed by atoms with Gasteiger partial charge in [-0.2, -0.15) is 0 Å². The van der Waals surface area contributed by atoms with Crippen LogP contribution >= 0.6 is 47.2 Å². The highest BCUT2D eigenvalue weighted by Gasteiger charge is 2.11. The summed E-state index contributed by atoms with van der Waals surface area (Å²) in [4.78, 5) is 20.3. The molecule has 1 amide bonds. The zero-order valence-electron chi connectivity index (χ0n) is 15.0. The highest BCUT2D eigenvalue weighted by Crippen LogP contribution is 2.25. The number of halogens is 3. The lowest BCUT2D eigenvalue weighted by atomic mass is 10.1. The smallest absolute Gasteiger partial charge is 0.227 e. The Labute approximate surface area is 186 Å². The monoisotopic (exact) mass is 521 g/mol. The van der Waals surface area contributed by atoms with Gasteiger partial charge >= 0.3 is 0 Å². The number of aliphatic imine (C=N–C) groups is 1. The summed E-state index contributed by atoms with van der Waals surface area (Å²) in [5, 5.41) is 6.89. The molecule has 2 aromatic rings. The molecule has 0 fully saturated rings. The summed E-state index contributed by atoms with van der Waals surface area (Å²) in [6.45, 7) is 4.03. The molecule has 0 aliphatic heterocycles. The molecule has 2 rings (SSSR count). The van der Waals surface area contributed by atoms with E-state index in [0.29, 0.717) is 15.9 Å². The van der Waals surface area contributed by atoms with Crippen molar-refractivity contribution >= 4 is 64.9 Å². The minimum absolute atomic E-state index is 0. The summed E-state index contributed by atoms with van der Waals surface area (Å²) in [6, 6.07) is 10.6. The molecule has 0 spiro atoms. The van der Waals surface area contributed by atoms with Gasteiger partial charge in [0.05, 0.1) is 12.6 Å². The second-order valence-corrected chi connectivity index (χ2v) is 6.60. The number of benzene rings is 1. The molecule has 0 saturated heterocycles. The maximum atomic E-state index is 11.9. The van der Waals surface area contributed by atoms with Crippen LogP contribution < -0.4 is 16.4 Å². The van der Waals surface area contributed by atoms with Crippen molar-refractivity contribution in [3.63, 3.8) is 0 Å². The molecule has 6 nitrogen and oxygen atoms in total. The van der Waals surface area contributed by atoms with Gasteiger partial charge in [-0.3, -0.25) is 9.79 Å². The number of guanidine groups is 1. The number of aryl methyl sites for hydroxylation is 1. The van der Waals surface area contributed by atoms with Crippen LogP contribution in [0.25, 0.3) is 0 Å². The third-order valence-electron chi connectivity index (χ3n) is 3.57. The van der Waals surface area contributed by atoms with Crippen molar-refractivity contribution in [2.75, 3.05) is 11.9 Å². The molecule has 0 radical (unpaired) electrons. The zero-order chi connectivity index (χ0) is 19.1. The predicted molar refractivity (Wildman–Crippen MR) is 122 cm³/mol. The van der Waals surface area contributed by atoms with Gasteiger partial charge in [0.1, 0.15) is 5.82 Å². The summed E-state index contributed by atoms with van der Waals surface area (Å²) in [5.74, 6) is 0.592. The number of hydrogen-bond donors (Lipinski definition) is 3. The molecule has 146 valence electrons. The van der Waals surface area contributed by atoms with E-state index in [1.807, 2.05) is 32.0 Å². The maximum absolute atomic E-state index is 11.9. The van der Waals surface area contributed by atoms with Crippen molar-refractivity contribution in [2.24, 2.45) is 10.7 Å². The van der Waals surface area contributed by atoms with Crippen LogP contribution in [0.4, 0.5) is 5.82 Å². The van der Waals surface area contributed by atoms with Gasteiger partial charge in [0, 0.05) is 22.2 Å². The molecule has 0 aliphatic rings. The van der Waals surface area contributed by atoms with Crippen molar-refractivity contribution in [3.8, 4) is 0 Å². The molecule has 1 aromatic carbocycles. The van der Waals surface area contributed by atoms with Gasteiger partial charge in [-0.05, 0) is 43.7 Å². The molecular formula is C18H22Cl2IN5O. The van der Waals surface area contributed by atoms with E-state index in [-0.39, 0.29) is 54.9 Å². The SMILES string of the molecule is Cc1cccc(NC(=O)CCN=C(N)NC(C)c2ccc(Cl)cc2Cl)n1.I. The van der Waals surface area contributed by atoms with Crippen LogP contribution in [0.2, 0.25) is 10.0 Å². The molecule has 0 bridgehead atoms. The Bertz CT molecular complexity index is 816. The van der Waals surface area contributed by atoms with Crippen molar-refractivity contribution in [1.82, 2.24) is 10.3 Å². The van der Waals surface area contributed by atoms with Crippen LogP contribution in [-0.2, 0) is 4.79 Å². The number of nitrogens with two attached hydrogens (primary N) is 1. The number of aromatic nitrogens is 1. The van der Waals surface area contributed by atoms with Crippen molar-refractivity contribution in [3.05, 3.63) is 57.7 Å². The second-order valence-electron chi connectivity index (χ2n) is 5.76. The number of carbonyl (C=O) groups is 1. The largest absolute Gasteiger partial charge is 0.370 e. The van der Waals surface area contributed by atoms with Gasteiger partial charge in [-0.25, -0.2) is 4.98 Å². The zero-order valence-corrected chi connectivity index (χ0v) is 18.8. The van der Waals surface area contributed by atoms with Gasteiger partial charge in [0.15, 0.2) is 5.96 Å². The van der Waals surface area contributed by atoms with Gasteiger partial charge in [-0.1, -0.05) is 35.3 Å². The number of carbonyl (C=O) groups excluding carboxylic acids is 1. The fraction of sp³-hybridized carbons (Fsp3) is 0.278. The quantitative estimate of drug-likeness (QED) is 0.300. The van der Waals surface area contributed by atoms with Crippen molar-refractivity contribution < 1.29 is 4.79 Å². The Morgan fingerprint density at radius 2 is 2.04 bits per heavy atom. The Morgan fingerprint density at radius 3 is 2.70 bits per heavy atom. The first-order chi connectivity index (χ1) is 12.3. The Morgan fingerprint density at radius 1 is 1.30 bits per heavy atom. The average Bonchev–Trinajstić information content (AvgIpc) is 2.54. The molecule has 4 N–H and O–H groups in total. The fourth-order valence-electron chi connectivity index (χ4n) is 2.29. The summed E-state index contributed by atoms with van der Waals surface area (Å²) in [5.41, 5.74) is 7.57. The Hall–Kier alpha value is -1.58. The highest BCUT2D eigenvalue weighted by atomic mass is 127. The first kappa shape index (κ1) is 23.5. The van der Waals surface area contributed by atoms with E-state index in [0.717, 1.165) is 11.3 Å². The fourth-order valence-corrected chi connectivity index (χ4v) is 2.87. The third kappa shape index (κ3) is 7.90. The van der Waals surface area contributed by atoms with Crippen LogP contribution in [0.3, 0.4) is 0 Å². The topological polar surface area (TPSA) is 92.4 Å². The first-order valence-electron chi connectivity index (χ1n) is 8.10. The van der Waals surface area contributed by atoms with Crippen LogP contribution in [0, 0.1) is 6.92 Å². The number of pyridine rings is 1. The van der Waals surface area contributed by atoms with Crippen molar-refractivity contribution in [2.45, 2.75) is 26.3 Å². The van der Waals surface area contributed by atoms with Crippen LogP contribution in [0.1, 0.15) is 30.6 Å². The van der Waals surface area contributed by atoms with Crippen LogP contribution in [0.5, 0.6) is 0 Å². The second kappa shape index (κ2) is 11.3. The minimum atomic E-state index is -0.173. The summed E-state index contributed by atoms with van der Waals surface area (Å²) in [6.07, 6.45) is 0.202. The predicted octanol–water partition coefficient (Wildman–Crippen LogP) is 4.31. The summed E-state index contributed by atoms with van der Waals surface area (Å²) in [7, 11) is 0. The molecule has 1 heterocycles. The van der Waals surface area contributed by atoms with Gasteiger partial charge in [-0.15, -0.1) is 24.0 Å². The Kier molecular flexibility index (Phi) is 9.82. The van der Waals surface area contributed by atoms with Gasteiger partial charge < -0.3 is 16.4 Å². The lowest BCUT2D eigenvalue weighted by Gasteiger charge is -2.16. The molecule has 0 saturated carbocycles. The Balaban J connectivity index is 0.00000364. The van der Waals surface area contributed by atoms with E-state index in [4.69, 9.17) is 28.9 Å². The lowest BCUT2D eigenvalue weighted by molar-refractivity contribution is -0.116. The standard InChI is InChI=1S/C18H21Cl2N5O.HI/c1-11-4-3-5-16(23-11)25-17(26)8-9-22-18(21)24-12(2)14-7-6-13(19)10-15(14)20;/h3-7,10,12H,8-9H2,1-2H3,(H3,21,22,24)(H,23,25,26);1H. The minimum Gasteiger partial charge on any atom is -0.370 e. The van der Waals surface area contributed by atoms with E-state index >= 15 is 0 Å². The lowest BCUT2D eigenvalue weighted by Crippen LogP contribution is -2.34. The van der Waals surface area contributed by atoms with E-state index < -0.39 is 0 Å². The number of anilines is 1. The molecule has 1 unspecified atom stereocenters. The number of rotatable bonds is 6. The van der Waals surface area contributed by atoms with Crippen LogP contribution in [0.15, 0.2) is 41.4 Å². The summed E-state index contributed by atoms with van der Waals surface area (Å²) < 4.78 is 0. The van der Waals surface area contributed by atoms with Gasteiger partial charge in [0.25, 0.3) is 0 Å². The normalized spacial score (nSPS) is 12.1. The maximum Gasteiger partial charge on any atom is 0.227 e. The third-order valence-corrected chi connectivity index (χ3v) is 4.13. The number of hydrogen-bond acceptors (Lipinski definition) is 3. The van der Waals surface area contributed by atoms with Gasteiger partial charge in [0.2, 0.25) is 5.91 Å². The molecule has 9 heteroatoms. The molecular weight excluding hydrogens is 500 g/mol. The first-order valence-corrected chi connectivity index (χ1v) is 8.85. The van der Waals surface area contributed by atoms with Crippen LogP contribution in [-0.4, -0.2) is 23.4 Å². The molecule has 0 aliphatic carbocycles. The van der Waals surface area contributed by atoms with E-state index in [2.05, 4.69) is 20.6 Å². The van der Waals surface area contributed by atoms with E-state index in [9.17, 15) is 4.79 Å². The number of nitrogens with one attached hydrogen (secondary N) is 2.